The third-order valence-corrected chi connectivity index (χ3v) is 3.20. The van der Waals surface area contributed by atoms with Crippen LogP contribution in [0.3, 0.4) is 0 Å². The number of carbonyl (C=O) groups excluding carboxylic acids is 1. The molecule has 0 aromatic rings. The molecule has 20 heavy (non-hydrogen) atoms. The molecule has 0 aromatic heterocycles. The molecule has 0 heterocycles. The summed E-state index contributed by atoms with van der Waals surface area (Å²) >= 11 is 0. The number of hydrogen-bond donors (Lipinski definition) is 2. The van der Waals surface area contributed by atoms with Crippen molar-refractivity contribution >= 4 is 35.5 Å². The number of carbonyl (C=O) groups is 1. The van der Waals surface area contributed by atoms with Crippen molar-refractivity contribution in [2.45, 2.75) is 84.5 Å². The minimum Gasteiger partial charge on any atom is -0.295 e. The fourth-order valence-electron chi connectivity index (χ4n) is 2.06. The van der Waals surface area contributed by atoms with E-state index in [1.54, 1.807) is 0 Å². The van der Waals surface area contributed by atoms with Crippen molar-refractivity contribution in [1.29, 1.82) is 0 Å². The van der Waals surface area contributed by atoms with E-state index in [0.29, 0.717) is 13.0 Å². The van der Waals surface area contributed by atoms with Gasteiger partial charge >= 0.3 is 0 Å². The van der Waals surface area contributed by atoms with Crippen LogP contribution in [0.5, 0.6) is 0 Å². The summed E-state index contributed by atoms with van der Waals surface area (Å²) in [6.45, 7) is 4.67. The second kappa shape index (κ2) is 17.4. The van der Waals surface area contributed by atoms with Gasteiger partial charge < -0.3 is 0 Å². The van der Waals surface area contributed by atoms with Gasteiger partial charge in [0.15, 0.2) is 0 Å². The molecule has 0 saturated carbocycles. The van der Waals surface area contributed by atoms with Crippen molar-refractivity contribution in [3.63, 3.8) is 0 Å². The molecule has 0 bridgehead atoms. The second-order valence-corrected chi connectivity index (χ2v) is 5.24. The van der Waals surface area contributed by atoms with Crippen LogP contribution in [-0.4, -0.2) is 52.4 Å². The summed E-state index contributed by atoms with van der Waals surface area (Å²) in [5, 5.41) is 10.1. The second-order valence-electron chi connectivity index (χ2n) is 5.24. The van der Waals surface area contributed by atoms with Crippen molar-refractivity contribution < 1.29 is 10.0 Å². The number of nitrogens with zero attached hydrogens (tertiary/aromatic N) is 1. The maximum absolute atomic E-state index is 11.4. The molecule has 5 heteroatoms. The van der Waals surface area contributed by atoms with E-state index in [1.165, 1.54) is 44.9 Å². The Morgan fingerprint density at radius 3 is 1.90 bits per heavy atom. The van der Waals surface area contributed by atoms with Gasteiger partial charge in [0.2, 0.25) is 5.91 Å². The summed E-state index contributed by atoms with van der Waals surface area (Å²) in [5.41, 5.74) is 2.46. The summed E-state index contributed by atoms with van der Waals surface area (Å²) in [6.07, 6.45) is 12.6. The van der Waals surface area contributed by atoms with Crippen LogP contribution in [0.15, 0.2) is 0 Å². The number of hydrogen-bond acceptors (Lipinski definition) is 3. The van der Waals surface area contributed by atoms with Crippen molar-refractivity contribution in [2.75, 3.05) is 6.54 Å². The van der Waals surface area contributed by atoms with Gasteiger partial charge in [0, 0.05) is 42.5 Å². The summed E-state index contributed by atoms with van der Waals surface area (Å²) in [5.74, 6) is -0.0844. The molecule has 0 aliphatic carbocycles. The first kappa shape index (κ1) is 22.7. The van der Waals surface area contributed by atoms with E-state index in [9.17, 15) is 10.0 Å². The van der Waals surface area contributed by atoms with Crippen LogP contribution in [-0.2, 0) is 4.79 Å². The minimum atomic E-state index is -0.0844. The summed E-state index contributed by atoms with van der Waals surface area (Å²) in [6, 6.07) is 0. The third kappa shape index (κ3) is 16.4. The molecular weight excluding hydrogens is 263 g/mol. The average molecular weight is 295 g/mol. The SMILES string of the molecule is CCCCCCCCCCCC(=O)NN(O)CCC.[Na]. The molecule has 0 unspecified atom stereocenters. The Kier molecular flexibility index (Phi) is 19.8. The molecule has 1 radical (unpaired) electrons. The van der Waals surface area contributed by atoms with Gasteiger partial charge in [-0.2, -0.15) is 0 Å². The first-order valence-electron chi connectivity index (χ1n) is 7.96. The van der Waals surface area contributed by atoms with E-state index in [-0.39, 0.29) is 35.5 Å². The monoisotopic (exact) mass is 295 g/mol. The molecule has 0 fully saturated rings. The van der Waals surface area contributed by atoms with Gasteiger partial charge in [-0.3, -0.25) is 15.4 Å². The zero-order valence-corrected chi connectivity index (χ0v) is 15.8. The molecule has 1 amide bonds. The van der Waals surface area contributed by atoms with Crippen molar-refractivity contribution in [2.24, 2.45) is 0 Å². The molecule has 0 rings (SSSR count). The maximum Gasteiger partial charge on any atom is 0.236 e. The van der Waals surface area contributed by atoms with Crippen LogP contribution in [0.4, 0.5) is 0 Å². The Balaban J connectivity index is 0. The Labute approximate surface area is 146 Å². The molecular formula is C15H32N2NaO2. The summed E-state index contributed by atoms with van der Waals surface area (Å²) in [4.78, 5) is 11.4. The van der Waals surface area contributed by atoms with E-state index in [0.717, 1.165) is 24.4 Å². The number of unbranched alkanes of at least 4 members (excludes halogenated alkanes) is 8. The van der Waals surface area contributed by atoms with Gasteiger partial charge in [-0.1, -0.05) is 65.2 Å². The largest absolute Gasteiger partial charge is 0.295 e. The Hall–Kier alpha value is 0.390. The van der Waals surface area contributed by atoms with E-state index in [2.05, 4.69) is 12.3 Å². The molecule has 115 valence electrons. The minimum absolute atomic E-state index is 0. The summed E-state index contributed by atoms with van der Waals surface area (Å²) < 4.78 is 0. The maximum atomic E-state index is 11.4. The van der Waals surface area contributed by atoms with Crippen molar-refractivity contribution in [1.82, 2.24) is 10.6 Å². The number of rotatable bonds is 13. The molecule has 0 aliphatic heterocycles. The molecule has 4 nitrogen and oxygen atoms in total. The number of hydroxylamine groups is 1. The Morgan fingerprint density at radius 1 is 0.900 bits per heavy atom. The smallest absolute Gasteiger partial charge is 0.236 e. The normalized spacial score (nSPS) is 10.4. The van der Waals surface area contributed by atoms with E-state index in [4.69, 9.17) is 0 Å². The Bertz CT molecular complexity index is 216. The average Bonchev–Trinajstić information content (AvgIpc) is 2.37. The zero-order chi connectivity index (χ0) is 14.3. The van der Waals surface area contributed by atoms with Crippen LogP contribution < -0.4 is 5.43 Å². The molecule has 0 atom stereocenters. The van der Waals surface area contributed by atoms with Gasteiger partial charge in [-0.05, 0) is 12.8 Å². The van der Waals surface area contributed by atoms with E-state index >= 15 is 0 Å². The van der Waals surface area contributed by atoms with Gasteiger partial charge in [0.1, 0.15) is 0 Å². The van der Waals surface area contributed by atoms with Gasteiger partial charge in [0.05, 0.1) is 0 Å². The van der Waals surface area contributed by atoms with Crippen LogP contribution >= 0.6 is 0 Å². The van der Waals surface area contributed by atoms with E-state index < -0.39 is 0 Å². The molecule has 0 saturated heterocycles. The topological polar surface area (TPSA) is 52.6 Å². The van der Waals surface area contributed by atoms with Crippen LogP contribution in [0, 0.1) is 0 Å². The van der Waals surface area contributed by atoms with Crippen molar-refractivity contribution in [3.05, 3.63) is 0 Å². The van der Waals surface area contributed by atoms with Crippen LogP contribution in [0.1, 0.15) is 84.5 Å². The third-order valence-electron chi connectivity index (χ3n) is 3.20. The molecule has 2 N–H and O–H groups in total. The fourth-order valence-corrected chi connectivity index (χ4v) is 2.06. The van der Waals surface area contributed by atoms with E-state index in [1.807, 2.05) is 6.92 Å². The molecule has 0 spiro atoms. The van der Waals surface area contributed by atoms with Gasteiger partial charge in [-0.25, -0.2) is 0 Å². The van der Waals surface area contributed by atoms with Crippen LogP contribution in [0.25, 0.3) is 0 Å². The fraction of sp³-hybridized carbons (Fsp3) is 0.933. The first-order valence-corrected chi connectivity index (χ1v) is 7.96. The predicted molar refractivity (Wildman–Crippen MR) is 84.5 cm³/mol. The summed E-state index contributed by atoms with van der Waals surface area (Å²) in [7, 11) is 0. The number of hydrazine groups is 1. The Morgan fingerprint density at radius 2 is 1.40 bits per heavy atom. The quantitative estimate of drug-likeness (QED) is 0.310. The molecule has 0 aliphatic rings. The van der Waals surface area contributed by atoms with Crippen LogP contribution in [0.2, 0.25) is 0 Å². The first-order chi connectivity index (χ1) is 9.20. The number of amides is 1. The number of nitrogens with one attached hydrogen (secondary N) is 1. The van der Waals surface area contributed by atoms with Crippen molar-refractivity contribution in [3.8, 4) is 0 Å². The standard InChI is InChI=1S/C15H32N2O2.Na/c1-3-5-6-7-8-9-10-11-12-13-15(18)16-17(19)14-4-2;/h19H,3-14H2,1-2H3,(H,16,18);. The van der Waals surface area contributed by atoms with Gasteiger partial charge in [0.25, 0.3) is 0 Å². The zero-order valence-electron chi connectivity index (χ0n) is 13.8. The molecule has 0 aromatic carbocycles. The predicted octanol–water partition coefficient (Wildman–Crippen LogP) is 3.66. The van der Waals surface area contributed by atoms with Gasteiger partial charge in [-0.15, -0.1) is 5.17 Å².